The van der Waals surface area contributed by atoms with E-state index in [1.165, 1.54) is 0 Å². The minimum Gasteiger partial charge on any atom is -0.492 e. The summed E-state index contributed by atoms with van der Waals surface area (Å²) in [6.45, 7) is 8.96. The quantitative estimate of drug-likeness (QED) is 0.424. The maximum atomic E-state index is 12.4. The van der Waals surface area contributed by atoms with E-state index in [2.05, 4.69) is 60.1 Å². The number of aromatic nitrogens is 2. The highest BCUT2D eigenvalue weighted by atomic mass is 16.5. The van der Waals surface area contributed by atoms with E-state index in [0.717, 1.165) is 53.0 Å². The number of carbonyl (C=O) groups is 1. The van der Waals surface area contributed by atoms with Crippen molar-refractivity contribution < 1.29 is 9.53 Å². The lowest BCUT2D eigenvalue weighted by molar-refractivity contribution is -0.133. The predicted octanol–water partition coefficient (Wildman–Crippen LogP) is 4.52. The third kappa shape index (κ3) is 5.04. The second kappa shape index (κ2) is 10.3. The Kier molecular flexibility index (Phi) is 6.89. The number of ether oxygens (including phenoxy) is 1. The summed E-state index contributed by atoms with van der Waals surface area (Å²) in [5.74, 6) is 0.998. The van der Waals surface area contributed by atoms with E-state index < -0.39 is 0 Å². The second-order valence-electron chi connectivity index (χ2n) is 10.0. The molecule has 0 aliphatic carbocycles. The van der Waals surface area contributed by atoms with Gasteiger partial charge in [-0.3, -0.25) is 14.5 Å². The Morgan fingerprint density at radius 3 is 2.16 bits per heavy atom. The van der Waals surface area contributed by atoms with Crippen molar-refractivity contribution in [3.63, 3.8) is 0 Å². The number of H-pyrrole nitrogens is 1. The Morgan fingerprint density at radius 2 is 1.54 bits per heavy atom. The highest BCUT2D eigenvalue weighted by Gasteiger charge is 2.30. The fourth-order valence-corrected chi connectivity index (χ4v) is 5.41. The smallest absolute Gasteiger partial charge is 0.274 e. The van der Waals surface area contributed by atoms with Crippen molar-refractivity contribution >= 4 is 16.8 Å². The molecule has 2 aromatic heterocycles. The third-order valence-corrected chi connectivity index (χ3v) is 7.44. The van der Waals surface area contributed by atoms with E-state index >= 15 is 0 Å². The largest absolute Gasteiger partial charge is 0.492 e. The molecular formula is C30H34N4O3. The Labute approximate surface area is 217 Å². The summed E-state index contributed by atoms with van der Waals surface area (Å²) < 4.78 is 7.67. The molecule has 0 saturated carbocycles. The van der Waals surface area contributed by atoms with Gasteiger partial charge in [0.15, 0.2) is 0 Å². The summed E-state index contributed by atoms with van der Waals surface area (Å²) in [6.07, 6.45) is 3.70. The van der Waals surface area contributed by atoms with Crippen LogP contribution in [0.15, 0.2) is 71.8 Å². The molecule has 0 bridgehead atoms. The molecule has 0 radical (unpaired) electrons. The van der Waals surface area contributed by atoms with Crippen molar-refractivity contribution in [3.05, 3.63) is 77.3 Å². The minimum atomic E-state index is -0.0257. The van der Waals surface area contributed by atoms with Crippen LogP contribution in [-0.2, 0) is 11.8 Å². The van der Waals surface area contributed by atoms with Crippen molar-refractivity contribution in [2.45, 2.75) is 32.9 Å². The van der Waals surface area contributed by atoms with E-state index in [4.69, 9.17) is 4.74 Å². The van der Waals surface area contributed by atoms with E-state index in [9.17, 15) is 9.59 Å². The molecule has 0 unspecified atom stereocenters. The first kappa shape index (κ1) is 24.8. The van der Waals surface area contributed by atoms with Gasteiger partial charge in [0.05, 0.1) is 0 Å². The first-order chi connectivity index (χ1) is 17.8. The molecular weight excluding hydrogens is 464 g/mol. The van der Waals surface area contributed by atoms with E-state index in [-0.39, 0.29) is 11.5 Å². The molecule has 1 fully saturated rings. The van der Waals surface area contributed by atoms with Crippen LogP contribution in [0.3, 0.4) is 0 Å². The number of aryl methyl sites for hydroxylation is 1. The molecule has 2 aromatic carbocycles. The minimum absolute atomic E-state index is 0.0257. The predicted molar refractivity (Wildman–Crippen MR) is 148 cm³/mol. The maximum Gasteiger partial charge on any atom is 0.274 e. The van der Waals surface area contributed by atoms with Crippen molar-refractivity contribution in [3.8, 4) is 28.0 Å². The van der Waals surface area contributed by atoms with Crippen LogP contribution in [0.2, 0.25) is 0 Å². The molecule has 1 aliphatic heterocycles. The topological polar surface area (TPSA) is 70.6 Å². The molecule has 3 heterocycles. The summed E-state index contributed by atoms with van der Waals surface area (Å²) in [7, 11) is 1.78. The van der Waals surface area contributed by atoms with Crippen LogP contribution in [0.1, 0.15) is 20.8 Å². The van der Waals surface area contributed by atoms with Gasteiger partial charge in [-0.2, -0.15) is 0 Å². The highest BCUT2D eigenvalue weighted by molar-refractivity contribution is 5.94. The van der Waals surface area contributed by atoms with E-state index in [1.54, 1.807) is 18.5 Å². The van der Waals surface area contributed by atoms with Crippen molar-refractivity contribution in [1.29, 1.82) is 0 Å². The fraction of sp³-hybridized carbons (Fsp3) is 0.333. The normalized spacial score (nSPS) is 18.3. The van der Waals surface area contributed by atoms with Crippen LogP contribution in [-0.4, -0.2) is 63.6 Å². The Morgan fingerprint density at radius 1 is 0.946 bits per heavy atom. The molecule has 2 atom stereocenters. The first-order valence-electron chi connectivity index (χ1n) is 12.8. The van der Waals surface area contributed by atoms with Crippen molar-refractivity contribution in [2.24, 2.45) is 7.05 Å². The van der Waals surface area contributed by atoms with Crippen LogP contribution >= 0.6 is 0 Å². The van der Waals surface area contributed by atoms with Gasteiger partial charge in [-0.05, 0) is 48.7 Å². The van der Waals surface area contributed by atoms with Gasteiger partial charge >= 0.3 is 0 Å². The second-order valence-corrected chi connectivity index (χ2v) is 10.0. The lowest BCUT2D eigenvalue weighted by Crippen LogP contribution is -2.58. The lowest BCUT2D eigenvalue weighted by Gasteiger charge is -2.44. The average Bonchev–Trinajstić information content (AvgIpc) is 3.38. The number of nitrogens with zero attached hydrogens (tertiary/aromatic N) is 3. The summed E-state index contributed by atoms with van der Waals surface area (Å²) in [4.78, 5) is 31.5. The Hall–Kier alpha value is -3.84. The molecule has 5 rings (SSSR count). The maximum absolute atomic E-state index is 12.4. The number of fused-ring (bicyclic) bond motifs is 1. The van der Waals surface area contributed by atoms with Gasteiger partial charge in [-0.25, -0.2) is 0 Å². The number of pyridine rings is 1. The SMILES string of the molecule is CC(=O)N1C[C@@H](C)N(CCOc2ccc(-c3ccc(-c4cn(C)c(=O)c5[nH]ccc45)cc3)cc2)[C@@H](C)C1. The number of hydrogen-bond acceptors (Lipinski definition) is 4. The number of piperazine rings is 1. The molecule has 0 spiro atoms. The van der Waals surface area contributed by atoms with Gasteiger partial charge < -0.3 is 19.2 Å². The number of amides is 1. The number of aromatic amines is 1. The zero-order valence-electron chi connectivity index (χ0n) is 21.9. The zero-order chi connectivity index (χ0) is 26.1. The standard InChI is InChI=1S/C30H34N4O3/c1-20-17-33(22(3)35)18-21(2)34(20)15-16-37-26-11-9-24(10-12-26)23-5-7-25(8-6-23)28-19-32(4)30(36)29-27(28)13-14-31-29/h5-14,19-21,31H,15-18H2,1-4H3/t20-,21+. The number of nitrogens with one attached hydrogen (secondary N) is 1. The number of carbonyl (C=O) groups excluding carboxylic acids is 1. The average molecular weight is 499 g/mol. The van der Waals surface area contributed by atoms with Crippen molar-refractivity contribution in [1.82, 2.24) is 19.4 Å². The van der Waals surface area contributed by atoms with Crippen molar-refractivity contribution in [2.75, 3.05) is 26.2 Å². The van der Waals surface area contributed by atoms with Crippen LogP contribution in [0, 0.1) is 0 Å². The summed E-state index contributed by atoms with van der Waals surface area (Å²) in [5.41, 5.74) is 4.94. The summed E-state index contributed by atoms with van der Waals surface area (Å²) in [5, 5.41) is 0.932. The molecule has 4 aromatic rings. The summed E-state index contributed by atoms with van der Waals surface area (Å²) in [6, 6.07) is 19.2. The lowest BCUT2D eigenvalue weighted by atomic mass is 9.99. The number of rotatable bonds is 6. The van der Waals surface area contributed by atoms with Gasteiger partial charge in [-0.15, -0.1) is 0 Å². The monoisotopic (exact) mass is 498 g/mol. The Balaban J connectivity index is 1.22. The Bertz CT molecular complexity index is 1440. The number of benzene rings is 2. The molecule has 1 aliphatic rings. The van der Waals surface area contributed by atoms with Gasteiger partial charge in [0, 0.05) is 69.0 Å². The zero-order valence-corrected chi connectivity index (χ0v) is 21.9. The highest BCUT2D eigenvalue weighted by Crippen LogP contribution is 2.29. The van der Waals surface area contributed by atoms with Gasteiger partial charge in [0.25, 0.3) is 5.56 Å². The first-order valence-corrected chi connectivity index (χ1v) is 12.8. The van der Waals surface area contributed by atoms with Gasteiger partial charge in [0.2, 0.25) is 5.91 Å². The number of hydrogen-bond donors (Lipinski definition) is 1. The summed E-state index contributed by atoms with van der Waals surface area (Å²) >= 11 is 0. The molecule has 1 amide bonds. The van der Waals surface area contributed by atoms with Gasteiger partial charge in [0.1, 0.15) is 17.9 Å². The van der Waals surface area contributed by atoms with Crippen LogP contribution < -0.4 is 10.3 Å². The van der Waals surface area contributed by atoms with Crippen LogP contribution in [0.25, 0.3) is 33.2 Å². The van der Waals surface area contributed by atoms with E-state index in [0.29, 0.717) is 24.2 Å². The molecule has 7 heteroatoms. The molecule has 1 saturated heterocycles. The van der Waals surface area contributed by atoms with E-state index in [1.807, 2.05) is 35.5 Å². The molecule has 1 N–H and O–H groups in total. The van der Waals surface area contributed by atoms with Crippen LogP contribution in [0.5, 0.6) is 5.75 Å². The molecule has 7 nitrogen and oxygen atoms in total. The third-order valence-electron chi connectivity index (χ3n) is 7.44. The van der Waals surface area contributed by atoms with Crippen LogP contribution in [0.4, 0.5) is 0 Å². The van der Waals surface area contributed by atoms with Gasteiger partial charge in [-0.1, -0.05) is 36.4 Å². The fourth-order valence-electron chi connectivity index (χ4n) is 5.41. The molecule has 37 heavy (non-hydrogen) atoms. The molecule has 192 valence electrons.